The molecule has 0 saturated carbocycles. The average molecular weight is 375 g/mol. The van der Waals surface area contributed by atoms with Crippen LogP contribution in [0, 0.1) is 0 Å². The van der Waals surface area contributed by atoms with E-state index >= 15 is 0 Å². The molecule has 2 aromatic carbocycles. The molecule has 0 bridgehead atoms. The molecule has 1 amide bonds. The molecule has 1 aliphatic rings. The number of ether oxygens (including phenoxy) is 2. The second-order valence-corrected chi connectivity index (χ2v) is 6.54. The Balaban J connectivity index is 1.68. The number of hydrogen-bond donors (Lipinski definition) is 2. The van der Waals surface area contributed by atoms with Gasteiger partial charge in [-0.3, -0.25) is 4.79 Å². The molecule has 0 radical (unpaired) electrons. The van der Waals surface area contributed by atoms with Crippen LogP contribution in [0.25, 0.3) is 22.2 Å². The fraction of sp³-hybridized carbons (Fsp3) is 0.182. The first-order valence-corrected chi connectivity index (χ1v) is 9.08. The molecule has 4 rings (SSSR count). The minimum Gasteiger partial charge on any atom is -0.496 e. The summed E-state index contributed by atoms with van der Waals surface area (Å²) < 4.78 is 11.1. The summed E-state index contributed by atoms with van der Waals surface area (Å²) >= 11 is 0. The predicted molar refractivity (Wildman–Crippen MR) is 110 cm³/mol. The number of fused-ring (bicyclic) bond motifs is 1. The van der Waals surface area contributed by atoms with Crippen LogP contribution in [0.4, 0.5) is 0 Å². The molecule has 0 unspecified atom stereocenters. The third-order valence-electron chi connectivity index (χ3n) is 4.69. The summed E-state index contributed by atoms with van der Waals surface area (Å²) in [6, 6.07) is 14.0. The van der Waals surface area contributed by atoms with Crippen molar-refractivity contribution >= 4 is 22.5 Å². The molecule has 0 saturated heterocycles. The number of amides is 1. The zero-order chi connectivity index (χ0) is 19.5. The van der Waals surface area contributed by atoms with Gasteiger partial charge in [0.1, 0.15) is 18.1 Å². The van der Waals surface area contributed by atoms with Gasteiger partial charge < -0.3 is 14.5 Å². The summed E-state index contributed by atoms with van der Waals surface area (Å²) in [6.45, 7) is 4.11. The molecule has 2 N–H and O–H groups in total. The van der Waals surface area contributed by atoms with E-state index in [9.17, 15) is 4.79 Å². The lowest BCUT2D eigenvalue weighted by molar-refractivity contribution is -0.121. The van der Waals surface area contributed by atoms with Gasteiger partial charge in [-0.1, -0.05) is 18.7 Å². The van der Waals surface area contributed by atoms with Crippen LogP contribution in [0.5, 0.6) is 11.5 Å². The SMILES string of the molecule is C=CCOc1ccc(-c2cc3cc(C4=NNC(=O)CC4)ccc3[nH]2)c(OC)c1. The largest absolute Gasteiger partial charge is 0.496 e. The van der Waals surface area contributed by atoms with E-state index in [2.05, 4.69) is 34.2 Å². The van der Waals surface area contributed by atoms with Crippen LogP contribution in [-0.2, 0) is 4.79 Å². The number of carbonyl (C=O) groups is 1. The molecule has 6 heteroatoms. The molecule has 3 aromatic rings. The monoisotopic (exact) mass is 375 g/mol. The highest BCUT2D eigenvalue weighted by molar-refractivity contribution is 6.06. The number of aromatic nitrogens is 1. The lowest BCUT2D eigenvalue weighted by Crippen LogP contribution is -2.25. The van der Waals surface area contributed by atoms with E-state index in [0.29, 0.717) is 19.4 Å². The van der Waals surface area contributed by atoms with Gasteiger partial charge in [0.05, 0.1) is 18.5 Å². The van der Waals surface area contributed by atoms with Gasteiger partial charge in [-0.2, -0.15) is 5.10 Å². The fourth-order valence-electron chi connectivity index (χ4n) is 3.28. The summed E-state index contributed by atoms with van der Waals surface area (Å²) in [7, 11) is 1.65. The molecule has 1 aromatic heterocycles. The number of carbonyl (C=O) groups excluding carboxylic acids is 1. The maximum absolute atomic E-state index is 11.3. The molecule has 2 heterocycles. The van der Waals surface area contributed by atoms with Crippen molar-refractivity contribution in [2.45, 2.75) is 12.8 Å². The quantitative estimate of drug-likeness (QED) is 0.639. The number of rotatable bonds is 6. The normalized spacial score (nSPS) is 13.8. The highest BCUT2D eigenvalue weighted by Crippen LogP contribution is 2.34. The van der Waals surface area contributed by atoms with Crippen LogP contribution in [0.15, 0.2) is 60.2 Å². The van der Waals surface area contributed by atoms with Crippen LogP contribution in [0.2, 0.25) is 0 Å². The zero-order valence-corrected chi connectivity index (χ0v) is 15.6. The molecule has 0 atom stereocenters. The van der Waals surface area contributed by atoms with Crippen molar-refractivity contribution in [2.24, 2.45) is 5.10 Å². The summed E-state index contributed by atoms with van der Waals surface area (Å²) in [6.07, 6.45) is 2.82. The Labute approximate surface area is 162 Å². The van der Waals surface area contributed by atoms with Crippen molar-refractivity contribution in [1.29, 1.82) is 0 Å². The summed E-state index contributed by atoms with van der Waals surface area (Å²) in [5.41, 5.74) is 7.39. The van der Waals surface area contributed by atoms with Gasteiger partial charge in [0, 0.05) is 35.4 Å². The van der Waals surface area contributed by atoms with Gasteiger partial charge in [-0.05, 0) is 35.9 Å². The van der Waals surface area contributed by atoms with Crippen LogP contribution in [0.1, 0.15) is 18.4 Å². The van der Waals surface area contributed by atoms with Gasteiger partial charge in [-0.15, -0.1) is 0 Å². The summed E-state index contributed by atoms with van der Waals surface area (Å²) in [5, 5.41) is 5.25. The van der Waals surface area contributed by atoms with Crippen LogP contribution in [-0.4, -0.2) is 30.3 Å². The Bertz CT molecular complexity index is 1080. The minimum atomic E-state index is -0.0404. The van der Waals surface area contributed by atoms with Crippen molar-refractivity contribution in [3.63, 3.8) is 0 Å². The Morgan fingerprint density at radius 3 is 2.82 bits per heavy atom. The van der Waals surface area contributed by atoms with Gasteiger partial charge in [0.2, 0.25) is 5.91 Å². The van der Waals surface area contributed by atoms with Crippen molar-refractivity contribution in [1.82, 2.24) is 10.4 Å². The zero-order valence-electron chi connectivity index (χ0n) is 15.6. The lowest BCUT2D eigenvalue weighted by atomic mass is 10.0. The first-order valence-electron chi connectivity index (χ1n) is 9.08. The van der Waals surface area contributed by atoms with Gasteiger partial charge >= 0.3 is 0 Å². The Morgan fingerprint density at radius 1 is 1.18 bits per heavy atom. The Morgan fingerprint density at radius 2 is 2.07 bits per heavy atom. The maximum Gasteiger partial charge on any atom is 0.240 e. The highest BCUT2D eigenvalue weighted by Gasteiger charge is 2.15. The highest BCUT2D eigenvalue weighted by atomic mass is 16.5. The van der Waals surface area contributed by atoms with Gasteiger partial charge in [-0.25, -0.2) is 5.43 Å². The van der Waals surface area contributed by atoms with E-state index in [4.69, 9.17) is 9.47 Å². The number of nitrogens with one attached hydrogen (secondary N) is 2. The second-order valence-electron chi connectivity index (χ2n) is 6.54. The summed E-state index contributed by atoms with van der Waals surface area (Å²) in [5.74, 6) is 1.42. The van der Waals surface area contributed by atoms with Crippen molar-refractivity contribution < 1.29 is 14.3 Å². The molecule has 0 fully saturated rings. The minimum absolute atomic E-state index is 0.0404. The van der Waals surface area contributed by atoms with Crippen LogP contribution < -0.4 is 14.9 Å². The van der Waals surface area contributed by atoms with Crippen molar-refractivity contribution in [3.8, 4) is 22.8 Å². The van der Waals surface area contributed by atoms with E-state index in [1.807, 2.05) is 30.3 Å². The van der Waals surface area contributed by atoms with Crippen molar-refractivity contribution in [2.75, 3.05) is 13.7 Å². The number of aromatic amines is 1. The second kappa shape index (κ2) is 7.60. The third-order valence-corrected chi connectivity index (χ3v) is 4.69. The molecule has 0 spiro atoms. The molecule has 0 aliphatic carbocycles. The van der Waals surface area contributed by atoms with E-state index in [-0.39, 0.29) is 5.91 Å². The van der Waals surface area contributed by atoms with Crippen LogP contribution in [0.3, 0.4) is 0 Å². The number of hydrogen-bond acceptors (Lipinski definition) is 4. The first kappa shape index (κ1) is 17.9. The lowest BCUT2D eigenvalue weighted by Gasteiger charge is -2.11. The Hall–Kier alpha value is -3.54. The van der Waals surface area contributed by atoms with Crippen LogP contribution >= 0.6 is 0 Å². The fourth-order valence-corrected chi connectivity index (χ4v) is 3.28. The number of H-pyrrole nitrogens is 1. The molecule has 28 heavy (non-hydrogen) atoms. The summed E-state index contributed by atoms with van der Waals surface area (Å²) in [4.78, 5) is 14.7. The van der Waals surface area contributed by atoms with E-state index in [1.165, 1.54) is 0 Å². The standard InChI is InChI=1S/C22H21N3O3/c1-3-10-28-16-5-6-17(21(13-16)27-2)20-12-15-11-14(4-7-18(15)23-20)19-8-9-22(26)25-24-19/h3-7,11-13,23H,1,8-10H2,2H3,(H,25,26). The number of benzene rings is 2. The van der Waals surface area contributed by atoms with E-state index in [1.54, 1.807) is 13.2 Å². The third kappa shape index (κ3) is 3.49. The number of methoxy groups -OCH3 is 1. The topological polar surface area (TPSA) is 75.7 Å². The number of hydrazone groups is 1. The molecular formula is C22H21N3O3. The van der Waals surface area contributed by atoms with Gasteiger partial charge in [0.15, 0.2) is 0 Å². The van der Waals surface area contributed by atoms with E-state index < -0.39 is 0 Å². The van der Waals surface area contributed by atoms with Crippen molar-refractivity contribution in [3.05, 3.63) is 60.7 Å². The number of nitrogens with zero attached hydrogens (tertiary/aromatic N) is 1. The molecular weight excluding hydrogens is 354 g/mol. The van der Waals surface area contributed by atoms with Gasteiger partial charge in [0.25, 0.3) is 0 Å². The van der Waals surface area contributed by atoms with E-state index in [0.717, 1.165) is 44.9 Å². The average Bonchev–Trinajstić information content (AvgIpc) is 3.15. The molecule has 6 nitrogen and oxygen atoms in total. The Kier molecular flexibility index (Phi) is 4.85. The predicted octanol–water partition coefficient (Wildman–Crippen LogP) is 4.02. The first-order chi connectivity index (χ1) is 13.7. The molecule has 1 aliphatic heterocycles. The maximum atomic E-state index is 11.3. The molecule has 142 valence electrons. The smallest absolute Gasteiger partial charge is 0.240 e.